The Labute approximate surface area is 186 Å². The third kappa shape index (κ3) is 11.8. The zero-order chi connectivity index (χ0) is 22.5. The Balaban J connectivity index is 2.46. The standard InChI is InChI=1S/C26H49O3P/c1-23(2)17-11-7-5-9-13-19-25-20-14-15-21-26(25)30(27,28,29)22-16-10-6-8-12-18-24(3)4/h14-15,20-21,23-24,27-29H,5-13,16-19,22H2,1-4H3. The van der Waals surface area contributed by atoms with Gasteiger partial charge in [0, 0.05) is 0 Å². The van der Waals surface area contributed by atoms with Gasteiger partial charge in [0.25, 0.3) is 0 Å². The van der Waals surface area contributed by atoms with Crippen molar-refractivity contribution in [3.05, 3.63) is 29.8 Å². The van der Waals surface area contributed by atoms with Crippen molar-refractivity contribution < 1.29 is 14.7 Å². The molecule has 3 N–H and O–H groups in total. The van der Waals surface area contributed by atoms with E-state index < -0.39 is 7.28 Å². The molecule has 1 aromatic carbocycles. The van der Waals surface area contributed by atoms with E-state index in [4.69, 9.17) is 0 Å². The van der Waals surface area contributed by atoms with Gasteiger partial charge in [-0.25, -0.2) is 0 Å². The molecule has 0 saturated carbocycles. The third-order valence-electron chi connectivity index (χ3n) is 6.06. The predicted octanol–water partition coefficient (Wildman–Crippen LogP) is 7.12. The Kier molecular flexibility index (Phi) is 12.7. The van der Waals surface area contributed by atoms with E-state index in [0.717, 1.165) is 49.5 Å². The van der Waals surface area contributed by atoms with Crippen LogP contribution in [0.5, 0.6) is 0 Å². The van der Waals surface area contributed by atoms with Crippen LogP contribution in [-0.2, 0) is 6.42 Å². The average Bonchev–Trinajstić information content (AvgIpc) is 2.66. The van der Waals surface area contributed by atoms with E-state index in [9.17, 15) is 14.7 Å². The van der Waals surface area contributed by atoms with E-state index in [-0.39, 0.29) is 6.16 Å². The molecular weight excluding hydrogens is 391 g/mol. The molecule has 0 aliphatic heterocycles. The Morgan fingerprint density at radius 3 is 1.67 bits per heavy atom. The summed E-state index contributed by atoms with van der Waals surface area (Å²) in [5.41, 5.74) is 0.904. The third-order valence-corrected chi connectivity index (χ3v) is 8.63. The number of rotatable bonds is 17. The molecule has 0 spiro atoms. The molecule has 0 fully saturated rings. The molecule has 0 aliphatic rings. The monoisotopic (exact) mass is 440 g/mol. The summed E-state index contributed by atoms with van der Waals surface area (Å²) in [6, 6.07) is 7.41. The number of hydrogen-bond donors (Lipinski definition) is 3. The summed E-state index contributed by atoms with van der Waals surface area (Å²) < 4.78 is 0. The quantitative estimate of drug-likeness (QED) is 0.178. The Bertz CT molecular complexity index is 575. The van der Waals surface area contributed by atoms with Gasteiger partial charge in [0.05, 0.1) is 0 Å². The topological polar surface area (TPSA) is 60.7 Å². The molecule has 1 aromatic rings. The first-order valence-electron chi connectivity index (χ1n) is 12.4. The number of unbranched alkanes of at least 4 members (excludes halogenated alkanes) is 8. The van der Waals surface area contributed by atoms with Crippen molar-refractivity contribution in [3.8, 4) is 0 Å². The maximum atomic E-state index is 10.9. The SMILES string of the molecule is CC(C)CCCCCCCc1ccccc1P(O)(O)(O)CCCCCCCC(C)C. The van der Waals surface area contributed by atoms with Crippen LogP contribution in [0.3, 0.4) is 0 Å². The van der Waals surface area contributed by atoms with Crippen molar-refractivity contribution in [1.29, 1.82) is 0 Å². The van der Waals surface area contributed by atoms with E-state index >= 15 is 0 Å². The van der Waals surface area contributed by atoms with Gasteiger partial charge in [-0.15, -0.1) is 0 Å². The van der Waals surface area contributed by atoms with Gasteiger partial charge in [-0.1, -0.05) is 0 Å². The van der Waals surface area contributed by atoms with E-state index in [1.54, 1.807) is 12.1 Å². The minimum absolute atomic E-state index is 0.0853. The van der Waals surface area contributed by atoms with Crippen LogP contribution in [0, 0.1) is 11.8 Å². The maximum absolute atomic E-state index is 10.9. The van der Waals surface area contributed by atoms with Crippen molar-refractivity contribution in [1.82, 2.24) is 0 Å². The predicted molar refractivity (Wildman–Crippen MR) is 133 cm³/mol. The summed E-state index contributed by atoms with van der Waals surface area (Å²) in [6.07, 6.45) is 14.5. The number of hydrogen-bond acceptors (Lipinski definition) is 3. The molecule has 0 aliphatic carbocycles. The Hall–Kier alpha value is -0.470. The van der Waals surface area contributed by atoms with Crippen molar-refractivity contribution >= 4 is 12.6 Å². The van der Waals surface area contributed by atoms with Crippen LogP contribution >= 0.6 is 7.28 Å². The van der Waals surface area contributed by atoms with Gasteiger partial charge in [-0.3, -0.25) is 0 Å². The molecule has 1 rings (SSSR count). The van der Waals surface area contributed by atoms with E-state index in [0.29, 0.717) is 11.7 Å². The second-order valence-corrected chi connectivity index (χ2v) is 13.4. The van der Waals surface area contributed by atoms with Crippen LogP contribution in [-0.4, -0.2) is 20.8 Å². The molecular formula is C26H49O3P. The first kappa shape index (κ1) is 27.6. The van der Waals surface area contributed by atoms with Crippen LogP contribution in [0.1, 0.15) is 110 Å². The average molecular weight is 441 g/mol. The Morgan fingerprint density at radius 1 is 0.633 bits per heavy atom. The molecule has 3 nitrogen and oxygen atoms in total. The molecule has 0 unspecified atom stereocenters. The van der Waals surface area contributed by atoms with Gasteiger partial charge >= 0.3 is 186 Å². The van der Waals surface area contributed by atoms with Gasteiger partial charge in [0.15, 0.2) is 0 Å². The summed E-state index contributed by atoms with van der Waals surface area (Å²) in [5.74, 6) is 1.53. The van der Waals surface area contributed by atoms with Gasteiger partial charge in [0.2, 0.25) is 0 Å². The van der Waals surface area contributed by atoms with Gasteiger partial charge in [-0.05, 0) is 0 Å². The first-order valence-corrected chi connectivity index (χ1v) is 14.7. The fourth-order valence-electron chi connectivity index (χ4n) is 4.17. The zero-order valence-electron chi connectivity index (χ0n) is 20.2. The molecule has 0 radical (unpaired) electrons. The van der Waals surface area contributed by atoms with Crippen LogP contribution in [0.4, 0.5) is 0 Å². The van der Waals surface area contributed by atoms with E-state index in [1.807, 2.05) is 12.1 Å². The van der Waals surface area contributed by atoms with Crippen LogP contribution in [0.2, 0.25) is 0 Å². The van der Waals surface area contributed by atoms with Crippen molar-refractivity contribution in [3.63, 3.8) is 0 Å². The summed E-state index contributed by atoms with van der Waals surface area (Å²) in [5, 5.41) is 0.392. The minimum atomic E-state index is -4.79. The second-order valence-electron chi connectivity index (χ2n) is 10.2. The fraction of sp³-hybridized carbons (Fsp3) is 0.769. The number of benzene rings is 1. The number of aryl methyl sites for hydroxylation is 1. The van der Waals surface area contributed by atoms with Crippen LogP contribution < -0.4 is 5.30 Å². The molecule has 0 aromatic heterocycles. The van der Waals surface area contributed by atoms with Crippen molar-refractivity contribution in [2.45, 2.75) is 111 Å². The van der Waals surface area contributed by atoms with E-state index in [1.165, 1.54) is 44.9 Å². The molecule has 0 heterocycles. The molecule has 176 valence electrons. The molecule has 0 amide bonds. The van der Waals surface area contributed by atoms with E-state index in [2.05, 4.69) is 27.7 Å². The molecule has 0 bridgehead atoms. The van der Waals surface area contributed by atoms with Crippen LogP contribution in [0.25, 0.3) is 0 Å². The van der Waals surface area contributed by atoms with Crippen molar-refractivity contribution in [2.24, 2.45) is 11.8 Å². The second kappa shape index (κ2) is 13.8. The molecule has 4 heteroatoms. The summed E-state index contributed by atoms with van der Waals surface area (Å²) >= 11 is 0. The molecule has 0 saturated heterocycles. The Morgan fingerprint density at radius 2 is 1.10 bits per heavy atom. The fourth-order valence-corrected chi connectivity index (χ4v) is 6.39. The summed E-state index contributed by atoms with van der Waals surface area (Å²) in [4.78, 5) is 32.6. The molecule has 30 heavy (non-hydrogen) atoms. The normalized spacial score (nSPS) is 13.7. The van der Waals surface area contributed by atoms with Gasteiger partial charge in [0.1, 0.15) is 0 Å². The summed E-state index contributed by atoms with van der Waals surface area (Å²) in [6.45, 7) is 9.04. The summed E-state index contributed by atoms with van der Waals surface area (Å²) in [7, 11) is -4.79. The van der Waals surface area contributed by atoms with Crippen molar-refractivity contribution in [2.75, 3.05) is 6.16 Å². The van der Waals surface area contributed by atoms with Gasteiger partial charge < -0.3 is 0 Å². The zero-order valence-corrected chi connectivity index (χ0v) is 21.0. The molecule has 0 atom stereocenters. The van der Waals surface area contributed by atoms with Crippen LogP contribution in [0.15, 0.2) is 24.3 Å². The van der Waals surface area contributed by atoms with Gasteiger partial charge in [-0.2, -0.15) is 0 Å². The first-order chi connectivity index (χ1) is 14.1.